The van der Waals surface area contributed by atoms with Gasteiger partial charge >= 0.3 is 0 Å². The first kappa shape index (κ1) is 14.3. The highest BCUT2D eigenvalue weighted by atomic mass is 16.6. The second kappa shape index (κ2) is 6.03. The van der Waals surface area contributed by atoms with E-state index in [1.54, 1.807) is 0 Å². The standard InChI is InChI=1S/C20H24O/c1-3-16(2)18-11-9-17(10-12-18)13-14-20(15-21-20)19-7-5-4-6-8-19/h4-12,16H,3,13-15H2,1-2H3. The molecule has 1 heterocycles. The molecule has 2 atom stereocenters. The van der Waals surface area contributed by atoms with Crippen LogP contribution in [0.1, 0.15) is 49.3 Å². The quantitative estimate of drug-likeness (QED) is 0.674. The lowest BCUT2D eigenvalue weighted by molar-refractivity contribution is 0.293. The summed E-state index contributed by atoms with van der Waals surface area (Å²) >= 11 is 0. The van der Waals surface area contributed by atoms with Gasteiger partial charge in [0.15, 0.2) is 0 Å². The minimum Gasteiger partial charge on any atom is -0.364 e. The van der Waals surface area contributed by atoms with E-state index < -0.39 is 0 Å². The molecule has 3 rings (SSSR count). The van der Waals surface area contributed by atoms with Crippen molar-refractivity contribution in [3.63, 3.8) is 0 Å². The summed E-state index contributed by atoms with van der Waals surface area (Å²) < 4.78 is 5.78. The molecular formula is C20H24O. The van der Waals surface area contributed by atoms with Crippen LogP contribution in [-0.4, -0.2) is 6.61 Å². The Morgan fingerprint density at radius 1 is 1.05 bits per heavy atom. The molecule has 110 valence electrons. The third-order valence-electron chi connectivity index (χ3n) is 4.77. The molecule has 21 heavy (non-hydrogen) atoms. The molecule has 1 fully saturated rings. The molecule has 0 aromatic heterocycles. The third kappa shape index (κ3) is 3.19. The van der Waals surface area contributed by atoms with E-state index in [1.807, 2.05) is 0 Å². The van der Waals surface area contributed by atoms with E-state index in [9.17, 15) is 0 Å². The van der Waals surface area contributed by atoms with Gasteiger partial charge in [-0.2, -0.15) is 0 Å². The first-order valence-electron chi connectivity index (χ1n) is 8.02. The van der Waals surface area contributed by atoms with Gasteiger partial charge in [0.25, 0.3) is 0 Å². The zero-order valence-electron chi connectivity index (χ0n) is 13.0. The SMILES string of the molecule is CCC(C)c1ccc(CCC2(c3ccccc3)CO2)cc1. The van der Waals surface area contributed by atoms with E-state index in [2.05, 4.69) is 68.4 Å². The predicted molar refractivity (Wildman–Crippen MR) is 87.5 cm³/mol. The van der Waals surface area contributed by atoms with E-state index in [0.29, 0.717) is 5.92 Å². The van der Waals surface area contributed by atoms with Gasteiger partial charge in [-0.05, 0) is 41.9 Å². The molecule has 1 saturated heterocycles. The van der Waals surface area contributed by atoms with E-state index in [0.717, 1.165) is 19.4 Å². The molecule has 2 unspecified atom stereocenters. The average Bonchev–Trinajstić information content (AvgIpc) is 3.35. The van der Waals surface area contributed by atoms with Crippen LogP contribution in [0.25, 0.3) is 0 Å². The Morgan fingerprint density at radius 2 is 1.71 bits per heavy atom. The zero-order chi connectivity index (χ0) is 14.7. The van der Waals surface area contributed by atoms with Crippen molar-refractivity contribution in [2.45, 2.75) is 44.6 Å². The Morgan fingerprint density at radius 3 is 2.29 bits per heavy atom. The lowest BCUT2D eigenvalue weighted by atomic mass is 9.91. The molecule has 0 spiro atoms. The van der Waals surface area contributed by atoms with Gasteiger partial charge in [-0.3, -0.25) is 0 Å². The largest absolute Gasteiger partial charge is 0.364 e. The number of epoxide rings is 1. The Kier molecular flexibility index (Phi) is 4.12. The van der Waals surface area contributed by atoms with Crippen molar-refractivity contribution < 1.29 is 4.74 Å². The Balaban J connectivity index is 1.63. The highest BCUT2D eigenvalue weighted by Gasteiger charge is 2.45. The van der Waals surface area contributed by atoms with Crippen molar-refractivity contribution in [1.82, 2.24) is 0 Å². The first-order chi connectivity index (χ1) is 10.2. The maximum atomic E-state index is 5.78. The van der Waals surface area contributed by atoms with Crippen LogP contribution in [0.4, 0.5) is 0 Å². The maximum absolute atomic E-state index is 5.78. The molecule has 2 aromatic rings. The van der Waals surface area contributed by atoms with Crippen molar-refractivity contribution >= 4 is 0 Å². The van der Waals surface area contributed by atoms with E-state index >= 15 is 0 Å². The lowest BCUT2D eigenvalue weighted by Gasteiger charge is -2.13. The van der Waals surface area contributed by atoms with Crippen LogP contribution in [0, 0.1) is 0 Å². The van der Waals surface area contributed by atoms with Crippen molar-refractivity contribution in [3.8, 4) is 0 Å². The zero-order valence-corrected chi connectivity index (χ0v) is 13.0. The van der Waals surface area contributed by atoms with Gasteiger partial charge in [-0.25, -0.2) is 0 Å². The van der Waals surface area contributed by atoms with Gasteiger partial charge in [0.2, 0.25) is 0 Å². The highest BCUT2D eigenvalue weighted by Crippen LogP contribution is 2.42. The van der Waals surface area contributed by atoms with Crippen LogP contribution >= 0.6 is 0 Å². The van der Waals surface area contributed by atoms with Gasteiger partial charge in [-0.15, -0.1) is 0 Å². The number of rotatable bonds is 6. The summed E-state index contributed by atoms with van der Waals surface area (Å²) in [5, 5.41) is 0. The molecular weight excluding hydrogens is 256 g/mol. The Bertz CT molecular complexity index is 567. The maximum Gasteiger partial charge on any atom is 0.117 e. The normalized spacial score (nSPS) is 22.0. The topological polar surface area (TPSA) is 12.5 Å². The van der Waals surface area contributed by atoms with Crippen LogP contribution in [0.15, 0.2) is 54.6 Å². The van der Waals surface area contributed by atoms with Crippen LogP contribution in [0.2, 0.25) is 0 Å². The van der Waals surface area contributed by atoms with Gasteiger partial charge in [0.05, 0.1) is 6.61 Å². The average molecular weight is 280 g/mol. The molecule has 1 nitrogen and oxygen atoms in total. The number of hydrogen-bond donors (Lipinski definition) is 0. The fourth-order valence-corrected chi connectivity index (χ4v) is 2.88. The molecule has 0 N–H and O–H groups in total. The number of benzene rings is 2. The van der Waals surface area contributed by atoms with Gasteiger partial charge in [0.1, 0.15) is 5.60 Å². The van der Waals surface area contributed by atoms with Crippen LogP contribution in [0.5, 0.6) is 0 Å². The molecule has 0 radical (unpaired) electrons. The molecule has 0 amide bonds. The second-order valence-electron chi connectivity index (χ2n) is 6.20. The van der Waals surface area contributed by atoms with Crippen LogP contribution in [-0.2, 0) is 16.8 Å². The number of aryl methyl sites for hydroxylation is 1. The number of hydrogen-bond acceptors (Lipinski definition) is 1. The fourth-order valence-electron chi connectivity index (χ4n) is 2.88. The summed E-state index contributed by atoms with van der Waals surface area (Å²) in [4.78, 5) is 0. The van der Waals surface area contributed by atoms with E-state index in [1.165, 1.54) is 23.1 Å². The van der Waals surface area contributed by atoms with Crippen molar-refractivity contribution in [2.24, 2.45) is 0 Å². The second-order valence-corrected chi connectivity index (χ2v) is 6.20. The third-order valence-corrected chi connectivity index (χ3v) is 4.77. The summed E-state index contributed by atoms with van der Waals surface area (Å²) in [5.74, 6) is 0.654. The Labute approximate surface area is 128 Å². The van der Waals surface area contributed by atoms with E-state index in [4.69, 9.17) is 4.74 Å². The Hall–Kier alpha value is -1.60. The van der Waals surface area contributed by atoms with Crippen molar-refractivity contribution in [2.75, 3.05) is 6.61 Å². The summed E-state index contributed by atoms with van der Waals surface area (Å²) in [7, 11) is 0. The predicted octanol–water partition coefficient (Wildman–Crippen LogP) is 5.06. The summed E-state index contributed by atoms with van der Waals surface area (Å²) in [6, 6.07) is 19.7. The van der Waals surface area contributed by atoms with Gasteiger partial charge in [-0.1, -0.05) is 68.4 Å². The first-order valence-corrected chi connectivity index (χ1v) is 8.02. The summed E-state index contributed by atoms with van der Waals surface area (Å²) in [5.41, 5.74) is 4.16. The fraction of sp³-hybridized carbons (Fsp3) is 0.400. The van der Waals surface area contributed by atoms with Gasteiger partial charge < -0.3 is 4.74 Å². The van der Waals surface area contributed by atoms with Gasteiger partial charge in [0, 0.05) is 0 Å². The number of ether oxygens (including phenoxy) is 1. The van der Waals surface area contributed by atoms with Crippen LogP contribution in [0.3, 0.4) is 0 Å². The molecule has 0 saturated carbocycles. The van der Waals surface area contributed by atoms with E-state index in [-0.39, 0.29) is 5.60 Å². The molecule has 2 aromatic carbocycles. The molecule has 1 heteroatoms. The highest BCUT2D eigenvalue weighted by molar-refractivity contribution is 5.29. The lowest BCUT2D eigenvalue weighted by Crippen LogP contribution is -2.10. The van der Waals surface area contributed by atoms with Crippen LogP contribution < -0.4 is 0 Å². The molecule has 0 aliphatic carbocycles. The molecule has 0 bridgehead atoms. The summed E-state index contributed by atoms with van der Waals surface area (Å²) in [6.45, 7) is 5.39. The molecule has 1 aliphatic rings. The minimum absolute atomic E-state index is 0.0172. The molecule has 1 aliphatic heterocycles. The minimum atomic E-state index is -0.0172. The summed E-state index contributed by atoms with van der Waals surface area (Å²) in [6.07, 6.45) is 3.35. The van der Waals surface area contributed by atoms with Crippen molar-refractivity contribution in [1.29, 1.82) is 0 Å². The van der Waals surface area contributed by atoms with Crippen molar-refractivity contribution in [3.05, 3.63) is 71.3 Å². The smallest absolute Gasteiger partial charge is 0.117 e. The monoisotopic (exact) mass is 280 g/mol.